The second-order valence-electron chi connectivity index (χ2n) is 10.1. The first kappa shape index (κ1) is 26.3. The van der Waals surface area contributed by atoms with Crippen LogP contribution in [0, 0.1) is 5.92 Å². The Balaban J connectivity index is 1.45. The van der Waals surface area contributed by atoms with Gasteiger partial charge >= 0.3 is 6.03 Å². The molecule has 194 valence electrons. The van der Waals surface area contributed by atoms with Crippen molar-refractivity contribution in [1.82, 2.24) is 5.32 Å². The van der Waals surface area contributed by atoms with E-state index in [-0.39, 0.29) is 18.0 Å². The molecule has 3 N–H and O–H groups in total. The van der Waals surface area contributed by atoms with E-state index in [1.165, 1.54) is 11.1 Å². The summed E-state index contributed by atoms with van der Waals surface area (Å²) in [4.78, 5) is 28.1. The van der Waals surface area contributed by atoms with Gasteiger partial charge in [0.15, 0.2) is 0 Å². The van der Waals surface area contributed by atoms with Crippen LogP contribution in [0.2, 0.25) is 0 Å². The lowest BCUT2D eigenvalue weighted by Gasteiger charge is -2.35. The molecule has 6 heteroatoms. The number of hydrogen-bond donors (Lipinski definition) is 3. The minimum Gasteiger partial charge on any atom is -0.371 e. The van der Waals surface area contributed by atoms with E-state index in [1.807, 2.05) is 50.2 Å². The summed E-state index contributed by atoms with van der Waals surface area (Å²) in [6, 6.07) is 23.7. The molecule has 3 aromatic rings. The van der Waals surface area contributed by atoms with Crippen LogP contribution in [0.25, 0.3) is 0 Å². The smallest absolute Gasteiger partial charge is 0.323 e. The highest BCUT2D eigenvalue weighted by Crippen LogP contribution is 2.30. The molecule has 3 amide bonds. The number of anilines is 3. The number of aryl methyl sites for hydroxylation is 1. The molecule has 4 rings (SSSR count). The minimum absolute atomic E-state index is 0.0166. The van der Waals surface area contributed by atoms with Crippen molar-refractivity contribution < 1.29 is 9.59 Å². The maximum atomic E-state index is 13.1. The Bertz CT molecular complexity index is 1180. The Labute approximate surface area is 220 Å². The Hall–Kier alpha value is -3.80. The van der Waals surface area contributed by atoms with Crippen LogP contribution in [-0.4, -0.2) is 31.1 Å². The van der Waals surface area contributed by atoms with Crippen molar-refractivity contribution in [3.63, 3.8) is 0 Å². The van der Waals surface area contributed by atoms with Crippen molar-refractivity contribution in [2.45, 2.75) is 52.5 Å². The lowest BCUT2D eigenvalue weighted by molar-refractivity contribution is 0.0943. The van der Waals surface area contributed by atoms with Crippen LogP contribution in [0.15, 0.2) is 72.8 Å². The molecule has 0 aromatic heterocycles. The fraction of sp³-hybridized carbons (Fsp3) is 0.355. The van der Waals surface area contributed by atoms with Crippen LogP contribution in [0.5, 0.6) is 0 Å². The predicted molar refractivity (Wildman–Crippen MR) is 153 cm³/mol. The summed E-state index contributed by atoms with van der Waals surface area (Å²) >= 11 is 0. The fourth-order valence-electron chi connectivity index (χ4n) is 4.85. The van der Waals surface area contributed by atoms with Crippen LogP contribution in [0.1, 0.15) is 55.1 Å². The van der Waals surface area contributed by atoms with E-state index in [0.29, 0.717) is 17.2 Å². The van der Waals surface area contributed by atoms with E-state index in [2.05, 4.69) is 58.1 Å². The molecule has 0 aliphatic carbocycles. The second kappa shape index (κ2) is 12.4. The van der Waals surface area contributed by atoms with E-state index in [1.54, 1.807) is 6.07 Å². The molecular weight excluding hydrogens is 460 g/mol. The normalized spacial score (nSPS) is 13.9. The molecule has 0 bridgehead atoms. The summed E-state index contributed by atoms with van der Waals surface area (Å²) in [5.41, 5.74) is 5.40. The van der Waals surface area contributed by atoms with Gasteiger partial charge in [0.25, 0.3) is 5.91 Å². The molecule has 0 atom stereocenters. The van der Waals surface area contributed by atoms with Crippen molar-refractivity contribution in [3.05, 3.63) is 89.5 Å². The van der Waals surface area contributed by atoms with E-state index in [4.69, 9.17) is 0 Å². The molecule has 0 unspecified atom stereocenters. The van der Waals surface area contributed by atoms with Gasteiger partial charge in [0.05, 0.1) is 5.56 Å². The van der Waals surface area contributed by atoms with Crippen LogP contribution in [0.4, 0.5) is 21.9 Å². The molecule has 6 nitrogen and oxygen atoms in total. The average molecular weight is 499 g/mol. The van der Waals surface area contributed by atoms with E-state index >= 15 is 0 Å². The maximum absolute atomic E-state index is 13.1. The molecule has 1 fully saturated rings. The Kier molecular flexibility index (Phi) is 8.83. The van der Waals surface area contributed by atoms with Gasteiger partial charge in [-0.1, -0.05) is 49.4 Å². The fourth-order valence-corrected chi connectivity index (χ4v) is 4.85. The summed E-state index contributed by atoms with van der Waals surface area (Å²) in [6.07, 6.45) is 4.21. The second-order valence-corrected chi connectivity index (χ2v) is 10.1. The highest BCUT2D eigenvalue weighted by atomic mass is 16.2. The maximum Gasteiger partial charge on any atom is 0.323 e. The molecule has 3 aromatic carbocycles. The SMILES string of the molecule is CCc1ccc(NC(=O)Nc2ccc(N3CCC(Cc4ccccc4)CC3)c(C(=O)NC(C)C)c2)cc1. The van der Waals surface area contributed by atoms with Crippen LogP contribution >= 0.6 is 0 Å². The zero-order chi connectivity index (χ0) is 26.2. The van der Waals surface area contributed by atoms with Crippen molar-refractivity contribution in [2.75, 3.05) is 28.6 Å². The summed E-state index contributed by atoms with van der Waals surface area (Å²) in [7, 11) is 0. The first-order valence-corrected chi connectivity index (χ1v) is 13.3. The summed E-state index contributed by atoms with van der Waals surface area (Å²) < 4.78 is 0. The molecule has 1 aliphatic rings. The van der Waals surface area contributed by atoms with E-state index in [0.717, 1.165) is 50.1 Å². The van der Waals surface area contributed by atoms with Crippen LogP contribution in [-0.2, 0) is 12.8 Å². The van der Waals surface area contributed by atoms with Crippen molar-refractivity contribution in [2.24, 2.45) is 5.92 Å². The number of hydrogen-bond acceptors (Lipinski definition) is 3. The first-order valence-electron chi connectivity index (χ1n) is 13.3. The van der Waals surface area contributed by atoms with Gasteiger partial charge in [-0.05, 0) is 86.9 Å². The largest absolute Gasteiger partial charge is 0.371 e. The molecule has 1 aliphatic heterocycles. The molecule has 0 spiro atoms. The van der Waals surface area contributed by atoms with Gasteiger partial charge in [-0.2, -0.15) is 0 Å². The van der Waals surface area contributed by atoms with E-state index < -0.39 is 0 Å². The third-order valence-corrected chi connectivity index (χ3v) is 6.86. The number of carbonyl (C=O) groups excluding carboxylic acids is 2. The topological polar surface area (TPSA) is 73.5 Å². The molecule has 1 heterocycles. The standard InChI is InChI=1S/C31H38N4O2/c1-4-23-10-12-26(13-11-23)33-31(37)34-27-14-15-29(28(21-27)30(36)32-22(2)3)35-18-16-25(17-19-35)20-24-8-6-5-7-9-24/h5-15,21-22,25H,4,16-20H2,1-3H3,(H,32,36)(H2,33,34,37). The predicted octanol–water partition coefficient (Wildman–Crippen LogP) is 6.49. The molecule has 37 heavy (non-hydrogen) atoms. The number of urea groups is 1. The van der Waals surface area contributed by atoms with E-state index in [9.17, 15) is 9.59 Å². The Morgan fingerprint density at radius 3 is 2.16 bits per heavy atom. The Morgan fingerprint density at radius 2 is 1.51 bits per heavy atom. The minimum atomic E-state index is -0.339. The molecule has 1 saturated heterocycles. The van der Waals surface area contributed by atoms with Gasteiger partial charge in [-0.3, -0.25) is 4.79 Å². The number of rotatable bonds is 8. The highest BCUT2D eigenvalue weighted by molar-refractivity contribution is 6.04. The first-order chi connectivity index (χ1) is 17.9. The van der Waals surface area contributed by atoms with Gasteiger partial charge in [-0.15, -0.1) is 0 Å². The summed E-state index contributed by atoms with van der Waals surface area (Å²) in [5, 5.41) is 8.77. The lowest BCUT2D eigenvalue weighted by Crippen LogP contribution is -2.37. The quantitative estimate of drug-likeness (QED) is 0.332. The van der Waals surface area contributed by atoms with Crippen LogP contribution in [0.3, 0.4) is 0 Å². The average Bonchev–Trinajstić information content (AvgIpc) is 2.90. The molecule has 0 saturated carbocycles. The number of nitrogens with zero attached hydrogens (tertiary/aromatic N) is 1. The monoisotopic (exact) mass is 498 g/mol. The highest BCUT2D eigenvalue weighted by Gasteiger charge is 2.24. The van der Waals surface area contributed by atoms with Crippen LogP contribution < -0.4 is 20.9 Å². The van der Waals surface area contributed by atoms with Crippen molar-refractivity contribution in [3.8, 4) is 0 Å². The third kappa shape index (κ3) is 7.35. The lowest BCUT2D eigenvalue weighted by atomic mass is 9.89. The zero-order valence-electron chi connectivity index (χ0n) is 22.1. The van der Waals surface area contributed by atoms with Gasteiger partial charge in [0.2, 0.25) is 0 Å². The van der Waals surface area contributed by atoms with Gasteiger partial charge in [0.1, 0.15) is 0 Å². The number of carbonyl (C=O) groups is 2. The molecular formula is C31H38N4O2. The van der Waals surface area contributed by atoms with Crippen molar-refractivity contribution in [1.29, 1.82) is 0 Å². The number of amides is 3. The number of nitrogens with one attached hydrogen (secondary N) is 3. The van der Waals surface area contributed by atoms with Gasteiger partial charge in [-0.25, -0.2) is 4.79 Å². The Morgan fingerprint density at radius 1 is 0.865 bits per heavy atom. The van der Waals surface area contributed by atoms with Gasteiger partial charge in [0, 0.05) is 36.2 Å². The molecule has 0 radical (unpaired) electrons. The number of piperidine rings is 1. The number of benzene rings is 3. The summed E-state index contributed by atoms with van der Waals surface area (Å²) in [6.45, 7) is 7.80. The van der Waals surface area contributed by atoms with Crippen molar-refractivity contribution >= 4 is 29.0 Å². The van der Waals surface area contributed by atoms with Gasteiger partial charge < -0.3 is 20.9 Å². The third-order valence-electron chi connectivity index (χ3n) is 6.86. The zero-order valence-corrected chi connectivity index (χ0v) is 22.1. The summed E-state index contributed by atoms with van der Waals surface area (Å²) in [5.74, 6) is 0.512.